The molecule has 3 heterocycles. The van der Waals surface area contributed by atoms with Crippen LogP contribution in [0.3, 0.4) is 0 Å². The SMILES string of the molecule is CC(NC(=O)O)C(=O)N1CCC(c2nc(-c3ccncc3)[nH]c(=O)c2Cl)CC1. The number of halogens is 1. The van der Waals surface area contributed by atoms with E-state index in [1.807, 2.05) is 0 Å². The average Bonchev–Trinajstić information content (AvgIpc) is 2.69. The number of pyridine rings is 1. The number of H-pyrrole nitrogens is 1. The number of rotatable bonds is 4. The highest BCUT2D eigenvalue weighted by Gasteiger charge is 2.29. The molecule has 2 aromatic heterocycles. The molecule has 1 aliphatic rings. The van der Waals surface area contributed by atoms with E-state index in [-0.39, 0.29) is 16.8 Å². The van der Waals surface area contributed by atoms with Crippen molar-refractivity contribution in [3.63, 3.8) is 0 Å². The Morgan fingerprint density at radius 1 is 1.32 bits per heavy atom. The standard InChI is InChI=1S/C18H20ClN5O4/c1-10(21-18(27)28)17(26)24-8-4-11(5-9-24)14-13(19)16(25)23-15(22-14)12-2-6-20-7-3-12/h2-3,6-7,10-11,21H,4-5,8-9H2,1H3,(H,27,28)(H,22,23,25). The molecule has 10 heteroatoms. The molecule has 1 atom stereocenters. The number of likely N-dealkylation sites (tertiary alicyclic amines) is 1. The zero-order valence-corrected chi connectivity index (χ0v) is 15.9. The number of hydrogen-bond donors (Lipinski definition) is 3. The van der Waals surface area contributed by atoms with Crippen LogP contribution in [0.5, 0.6) is 0 Å². The number of nitrogens with one attached hydrogen (secondary N) is 2. The number of hydrogen-bond acceptors (Lipinski definition) is 5. The van der Waals surface area contributed by atoms with Gasteiger partial charge in [-0.05, 0) is 31.9 Å². The van der Waals surface area contributed by atoms with Crippen LogP contribution in [0.15, 0.2) is 29.3 Å². The van der Waals surface area contributed by atoms with Crippen LogP contribution in [0, 0.1) is 0 Å². The molecule has 0 radical (unpaired) electrons. The Balaban J connectivity index is 1.75. The molecule has 0 spiro atoms. The lowest BCUT2D eigenvalue weighted by Crippen LogP contribution is -2.49. The smallest absolute Gasteiger partial charge is 0.405 e. The maximum Gasteiger partial charge on any atom is 0.405 e. The molecule has 0 saturated carbocycles. The van der Waals surface area contributed by atoms with Crippen LogP contribution >= 0.6 is 11.6 Å². The number of amides is 2. The Kier molecular flexibility index (Phi) is 5.93. The number of carbonyl (C=O) groups excluding carboxylic acids is 1. The summed E-state index contributed by atoms with van der Waals surface area (Å²) < 4.78 is 0. The molecule has 1 saturated heterocycles. The van der Waals surface area contributed by atoms with Gasteiger partial charge in [-0.3, -0.25) is 14.6 Å². The third-order valence-corrected chi connectivity index (χ3v) is 5.11. The van der Waals surface area contributed by atoms with Crippen molar-refractivity contribution in [3.05, 3.63) is 45.6 Å². The topological polar surface area (TPSA) is 128 Å². The zero-order chi connectivity index (χ0) is 20.3. The number of aromatic nitrogens is 3. The number of nitrogens with zero attached hydrogens (tertiary/aromatic N) is 3. The van der Waals surface area contributed by atoms with E-state index in [4.69, 9.17) is 16.7 Å². The Morgan fingerprint density at radius 2 is 1.96 bits per heavy atom. The first-order chi connectivity index (χ1) is 13.4. The Labute approximate surface area is 165 Å². The summed E-state index contributed by atoms with van der Waals surface area (Å²) in [6, 6.07) is 2.68. The normalized spacial score (nSPS) is 15.9. The molecule has 1 aliphatic heterocycles. The maximum absolute atomic E-state index is 12.3. The van der Waals surface area contributed by atoms with E-state index in [9.17, 15) is 14.4 Å². The quantitative estimate of drug-likeness (QED) is 0.712. The maximum atomic E-state index is 12.3. The highest BCUT2D eigenvalue weighted by molar-refractivity contribution is 6.31. The first-order valence-corrected chi connectivity index (χ1v) is 9.23. The van der Waals surface area contributed by atoms with Gasteiger partial charge in [-0.25, -0.2) is 9.78 Å². The molecule has 1 fully saturated rings. The molecule has 0 aliphatic carbocycles. The molecule has 148 valence electrons. The fraction of sp³-hybridized carbons (Fsp3) is 0.389. The summed E-state index contributed by atoms with van der Waals surface area (Å²) in [5.74, 6) is 0.0788. The van der Waals surface area contributed by atoms with Gasteiger partial charge in [0.1, 0.15) is 16.9 Å². The Bertz CT molecular complexity index is 925. The molecule has 1 unspecified atom stereocenters. The van der Waals surface area contributed by atoms with Gasteiger partial charge in [0.05, 0.1) is 5.69 Å². The van der Waals surface area contributed by atoms with E-state index in [0.29, 0.717) is 37.4 Å². The number of aromatic amines is 1. The average molecular weight is 406 g/mol. The minimum Gasteiger partial charge on any atom is -0.465 e. The van der Waals surface area contributed by atoms with Crippen molar-refractivity contribution in [2.24, 2.45) is 0 Å². The van der Waals surface area contributed by atoms with Crippen LogP contribution in [0.2, 0.25) is 5.02 Å². The zero-order valence-electron chi connectivity index (χ0n) is 15.2. The molecule has 2 aromatic rings. The Morgan fingerprint density at radius 3 is 2.57 bits per heavy atom. The van der Waals surface area contributed by atoms with Gasteiger partial charge in [-0.1, -0.05) is 11.6 Å². The number of carbonyl (C=O) groups is 2. The van der Waals surface area contributed by atoms with Crippen LogP contribution in [-0.4, -0.2) is 56.1 Å². The van der Waals surface area contributed by atoms with Gasteiger partial charge in [-0.15, -0.1) is 0 Å². The van der Waals surface area contributed by atoms with Gasteiger partial charge in [0.15, 0.2) is 0 Å². The van der Waals surface area contributed by atoms with Gasteiger partial charge in [0.2, 0.25) is 5.91 Å². The van der Waals surface area contributed by atoms with Gasteiger partial charge in [0.25, 0.3) is 5.56 Å². The summed E-state index contributed by atoms with van der Waals surface area (Å²) in [5.41, 5.74) is 0.837. The van der Waals surface area contributed by atoms with Crippen molar-refractivity contribution < 1.29 is 14.7 Å². The Hall–Kier alpha value is -2.94. The molecule has 2 amide bonds. The summed E-state index contributed by atoms with van der Waals surface area (Å²) in [6.45, 7) is 2.38. The van der Waals surface area contributed by atoms with E-state index in [1.165, 1.54) is 6.92 Å². The fourth-order valence-corrected chi connectivity index (χ4v) is 3.53. The fourth-order valence-electron chi connectivity index (χ4n) is 3.29. The lowest BCUT2D eigenvalue weighted by molar-refractivity contribution is -0.133. The third-order valence-electron chi connectivity index (χ3n) is 4.75. The summed E-state index contributed by atoms with van der Waals surface area (Å²) >= 11 is 6.22. The number of piperidine rings is 1. The summed E-state index contributed by atoms with van der Waals surface area (Å²) in [4.78, 5) is 48.1. The summed E-state index contributed by atoms with van der Waals surface area (Å²) in [5, 5.41) is 11.0. The van der Waals surface area contributed by atoms with Crippen LogP contribution in [0.1, 0.15) is 31.4 Å². The molecule has 0 aromatic carbocycles. The first kappa shape index (κ1) is 19.8. The lowest BCUT2D eigenvalue weighted by atomic mass is 9.92. The van der Waals surface area contributed by atoms with Crippen LogP contribution in [0.25, 0.3) is 11.4 Å². The molecule has 3 N–H and O–H groups in total. The lowest BCUT2D eigenvalue weighted by Gasteiger charge is -2.33. The van der Waals surface area contributed by atoms with E-state index in [1.54, 1.807) is 29.4 Å². The predicted molar refractivity (Wildman–Crippen MR) is 102 cm³/mol. The minimum absolute atomic E-state index is 0.0588. The molecule has 3 rings (SSSR count). The van der Waals surface area contributed by atoms with Crippen molar-refractivity contribution in [1.29, 1.82) is 0 Å². The van der Waals surface area contributed by atoms with E-state index >= 15 is 0 Å². The van der Waals surface area contributed by atoms with Crippen LogP contribution < -0.4 is 10.9 Å². The predicted octanol–water partition coefficient (Wildman–Crippen LogP) is 1.85. The highest BCUT2D eigenvalue weighted by atomic mass is 35.5. The van der Waals surface area contributed by atoms with Crippen molar-refractivity contribution in [2.45, 2.75) is 31.7 Å². The van der Waals surface area contributed by atoms with Crippen molar-refractivity contribution in [2.75, 3.05) is 13.1 Å². The molecule has 9 nitrogen and oxygen atoms in total. The van der Waals surface area contributed by atoms with Gasteiger partial charge in [-0.2, -0.15) is 0 Å². The molecule has 0 bridgehead atoms. The molecular formula is C18H20ClN5O4. The second-order valence-electron chi connectivity index (χ2n) is 6.62. The molecule has 28 heavy (non-hydrogen) atoms. The van der Waals surface area contributed by atoms with Crippen molar-refractivity contribution in [1.82, 2.24) is 25.2 Å². The van der Waals surface area contributed by atoms with E-state index in [0.717, 1.165) is 5.56 Å². The highest BCUT2D eigenvalue weighted by Crippen LogP contribution is 2.31. The van der Waals surface area contributed by atoms with Crippen LogP contribution in [-0.2, 0) is 4.79 Å². The van der Waals surface area contributed by atoms with Crippen LogP contribution in [0.4, 0.5) is 4.79 Å². The van der Waals surface area contributed by atoms with E-state index < -0.39 is 17.7 Å². The van der Waals surface area contributed by atoms with Gasteiger partial charge in [0, 0.05) is 37.0 Å². The third kappa shape index (κ3) is 4.30. The van der Waals surface area contributed by atoms with Crippen molar-refractivity contribution >= 4 is 23.6 Å². The first-order valence-electron chi connectivity index (χ1n) is 8.85. The van der Waals surface area contributed by atoms with E-state index in [2.05, 4.69) is 20.3 Å². The van der Waals surface area contributed by atoms with Gasteiger partial charge < -0.3 is 20.3 Å². The monoisotopic (exact) mass is 405 g/mol. The minimum atomic E-state index is -1.24. The second kappa shape index (κ2) is 8.39. The second-order valence-corrected chi connectivity index (χ2v) is 7.00. The van der Waals surface area contributed by atoms with Gasteiger partial charge >= 0.3 is 6.09 Å². The summed E-state index contributed by atoms with van der Waals surface area (Å²) in [7, 11) is 0. The number of carboxylic acid groups (broad SMARTS) is 1. The largest absolute Gasteiger partial charge is 0.465 e. The van der Waals surface area contributed by atoms with Crippen molar-refractivity contribution in [3.8, 4) is 11.4 Å². The molecular weight excluding hydrogens is 386 g/mol. The summed E-state index contributed by atoms with van der Waals surface area (Å²) in [6.07, 6.45) is 3.15.